The quantitative estimate of drug-likeness (QED) is 0.765. The van der Waals surface area contributed by atoms with Crippen LogP contribution in [-0.2, 0) is 0 Å². The molecule has 1 aliphatic rings. The van der Waals surface area contributed by atoms with Gasteiger partial charge in [-0.15, -0.1) is 0 Å². The Morgan fingerprint density at radius 3 is 2.29 bits per heavy atom. The van der Waals surface area contributed by atoms with E-state index in [-0.39, 0.29) is 0 Å². The van der Waals surface area contributed by atoms with Gasteiger partial charge < -0.3 is 10.2 Å². The first-order chi connectivity index (χ1) is 8.10. The maximum atomic E-state index is 3.53. The van der Waals surface area contributed by atoms with E-state index in [0.29, 0.717) is 12.1 Å². The zero-order valence-electron chi connectivity index (χ0n) is 12.4. The molecular weight excluding hydrogens is 210 g/mol. The summed E-state index contributed by atoms with van der Waals surface area (Å²) in [6, 6.07) is 1.97. The van der Waals surface area contributed by atoms with E-state index in [0.717, 1.165) is 12.6 Å². The van der Waals surface area contributed by atoms with E-state index in [1.165, 1.54) is 32.5 Å². The fraction of sp³-hybridized carbons (Fsp3) is 1.00. The fourth-order valence-electron chi connectivity index (χ4n) is 2.82. The molecule has 1 fully saturated rings. The van der Waals surface area contributed by atoms with Gasteiger partial charge in [-0.3, -0.25) is 4.90 Å². The second-order valence-electron chi connectivity index (χ2n) is 5.42. The van der Waals surface area contributed by atoms with Crippen LogP contribution in [0.1, 0.15) is 40.5 Å². The SMILES string of the molecule is CCNC(C)C(C)N(C)C1CCN(CC)CC1. The smallest absolute Gasteiger partial charge is 0.0218 e. The Hall–Kier alpha value is -0.120. The molecule has 0 aliphatic carbocycles. The van der Waals surface area contributed by atoms with Gasteiger partial charge in [0.25, 0.3) is 0 Å². The Kier molecular flexibility index (Phi) is 6.45. The summed E-state index contributed by atoms with van der Waals surface area (Å²) >= 11 is 0. The first-order valence-electron chi connectivity index (χ1n) is 7.27. The molecule has 1 rings (SSSR count). The molecule has 1 aliphatic heterocycles. The van der Waals surface area contributed by atoms with Crippen LogP contribution in [0.2, 0.25) is 0 Å². The van der Waals surface area contributed by atoms with Crippen molar-refractivity contribution in [1.29, 1.82) is 0 Å². The third-order valence-corrected chi connectivity index (χ3v) is 4.47. The maximum Gasteiger partial charge on any atom is 0.0218 e. The highest BCUT2D eigenvalue weighted by atomic mass is 15.2. The van der Waals surface area contributed by atoms with Crippen molar-refractivity contribution in [3.8, 4) is 0 Å². The number of nitrogens with one attached hydrogen (secondary N) is 1. The van der Waals surface area contributed by atoms with E-state index in [2.05, 4.69) is 49.9 Å². The van der Waals surface area contributed by atoms with Gasteiger partial charge in [0.1, 0.15) is 0 Å². The molecule has 102 valence electrons. The van der Waals surface area contributed by atoms with E-state index in [9.17, 15) is 0 Å². The van der Waals surface area contributed by atoms with Crippen molar-refractivity contribution in [2.45, 2.75) is 58.7 Å². The lowest BCUT2D eigenvalue weighted by atomic mass is 10.00. The average Bonchev–Trinajstić information content (AvgIpc) is 2.37. The number of hydrogen-bond donors (Lipinski definition) is 1. The first-order valence-corrected chi connectivity index (χ1v) is 7.27. The van der Waals surface area contributed by atoms with Gasteiger partial charge in [0.05, 0.1) is 0 Å². The summed E-state index contributed by atoms with van der Waals surface area (Å²) in [6.45, 7) is 13.9. The number of likely N-dealkylation sites (tertiary alicyclic amines) is 1. The fourth-order valence-corrected chi connectivity index (χ4v) is 2.82. The minimum Gasteiger partial charge on any atom is -0.313 e. The van der Waals surface area contributed by atoms with E-state index in [1.54, 1.807) is 0 Å². The summed E-state index contributed by atoms with van der Waals surface area (Å²) in [7, 11) is 2.30. The molecule has 0 saturated carbocycles. The largest absolute Gasteiger partial charge is 0.313 e. The van der Waals surface area contributed by atoms with Gasteiger partial charge >= 0.3 is 0 Å². The molecular formula is C14H31N3. The van der Waals surface area contributed by atoms with Crippen molar-refractivity contribution in [2.75, 3.05) is 33.2 Å². The summed E-state index contributed by atoms with van der Waals surface area (Å²) in [5, 5.41) is 3.53. The number of hydrogen-bond acceptors (Lipinski definition) is 3. The molecule has 2 atom stereocenters. The van der Waals surface area contributed by atoms with Crippen LogP contribution in [0, 0.1) is 0 Å². The van der Waals surface area contributed by atoms with Gasteiger partial charge in [0, 0.05) is 18.1 Å². The van der Waals surface area contributed by atoms with Crippen LogP contribution in [0.15, 0.2) is 0 Å². The zero-order valence-corrected chi connectivity index (χ0v) is 12.4. The highest BCUT2D eigenvalue weighted by Crippen LogP contribution is 2.18. The predicted molar refractivity (Wildman–Crippen MR) is 75.5 cm³/mol. The second-order valence-corrected chi connectivity index (χ2v) is 5.42. The minimum absolute atomic E-state index is 0.578. The topological polar surface area (TPSA) is 18.5 Å². The summed E-state index contributed by atoms with van der Waals surface area (Å²) in [5.74, 6) is 0. The van der Waals surface area contributed by atoms with Gasteiger partial charge in [-0.1, -0.05) is 13.8 Å². The lowest BCUT2D eigenvalue weighted by molar-refractivity contribution is 0.0915. The number of rotatable bonds is 6. The molecule has 1 N–H and O–H groups in total. The normalized spacial score (nSPS) is 22.9. The van der Waals surface area contributed by atoms with Crippen LogP contribution < -0.4 is 5.32 Å². The first kappa shape index (κ1) is 14.9. The monoisotopic (exact) mass is 241 g/mol. The van der Waals surface area contributed by atoms with Crippen molar-refractivity contribution in [2.24, 2.45) is 0 Å². The van der Waals surface area contributed by atoms with Gasteiger partial charge in [-0.25, -0.2) is 0 Å². The summed E-state index contributed by atoms with van der Waals surface area (Å²) in [5.41, 5.74) is 0. The Bertz CT molecular complexity index is 200. The lowest BCUT2D eigenvalue weighted by Crippen LogP contribution is -2.52. The molecule has 0 aromatic carbocycles. The van der Waals surface area contributed by atoms with Crippen molar-refractivity contribution in [3.05, 3.63) is 0 Å². The van der Waals surface area contributed by atoms with E-state index in [4.69, 9.17) is 0 Å². The Balaban J connectivity index is 2.39. The standard InChI is InChI=1S/C14H31N3/c1-6-15-12(3)13(4)16(5)14-8-10-17(7-2)11-9-14/h12-15H,6-11H2,1-5H3. The lowest BCUT2D eigenvalue weighted by Gasteiger charge is -2.41. The van der Waals surface area contributed by atoms with Crippen LogP contribution in [-0.4, -0.2) is 61.2 Å². The third-order valence-electron chi connectivity index (χ3n) is 4.47. The highest BCUT2D eigenvalue weighted by molar-refractivity contribution is 4.84. The van der Waals surface area contributed by atoms with E-state index in [1.807, 2.05) is 0 Å². The second kappa shape index (κ2) is 7.34. The van der Waals surface area contributed by atoms with Gasteiger partial charge in [-0.2, -0.15) is 0 Å². The van der Waals surface area contributed by atoms with Crippen LogP contribution >= 0.6 is 0 Å². The van der Waals surface area contributed by atoms with Crippen molar-refractivity contribution in [1.82, 2.24) is 15.1 Å². The molecule has 1 saturated heterocycles. The summed E-state index contributed by atoms with van der Waals surface area (Å²) < 4.78 is 0. The predicted octanol–water partition coefficient (Wildman–Crippen LogP) is 1.79. The third kappa shape index (κ3) is 4.23. The van der Waals surface area contributed by atoms with Gasteiger partial charge in [0.2, 0.25) is 0 Å². The number of piperidine rings is 1. The van der Waals surface area contributed by atoms with Crippen LogP contribution in [0.4, 0.5) is 0 Å². The highest BCUT2D eigenvalue weighted by Gasteiger charge is 2.26. The molecule has 0 aromatic heterocycles. The van der Waals surface area contributed by atoms with Gasteiger partial charge in [-0.05, 0) is 59.9 Å². The molecule has 3 heteroatoms. The molecule has 0 bridgehead atoms. The molecule has 17 heavy (non-hydrogen) atoms. The Morgan fingerprint density at radius 2 is 1.82 bits per heavy atom. The Morgan fingerprint density at radius 1 is 1.24 bits per heavy atom. The van der Waals surface area contributed by atoms with Crippen molar-refractivity contribution >= 4 is 0 Å². The number of nitrogens with zero attached hydrogens (tertiary/aromatic N) is 2. The summed E-state index contributed by atoms with van der Waals surface area (Å²) in [4.78, 5) is 5.14. The van der Waals surface area contributed by atoms with Crippen LogP contribution in [0.3, 0.4) is 0 Å². The van der Waals surface area contributed by atoms with Crippen molar-refractivity contribution in [3.63, 3.8) is 0 Å². The summed E-state index contributed by atoms with van der Waals surface area (Å²) in [6.07, 6.45) is 2.65. The molecule has 0 spiro atoms. The van der Waals surface area contributed by atoms with Crippen LogP contribution in [0.25, 0.3) is 0 Å². The maximum absolute atomic E-state index is 3.53. The van der Waals surface area contributed by atoms with Gasteiger partial charge in [0.15, 0.2) is 0 Å². The Labute approximate surface area is 108 Å². The molecule has 3 nitrogen and oxygen atoms in total. The molecule has 2 unspecified atom stereocenters. The molecule has 0 aromatic rings. The van der Waals surface area contributed by atoms with E-state index < -0.39 is 0 Å². The molecule has 0 radical (unpaired) electrons. The van der Waals surface area contributed by atoms with E-state index >= 15 is 0 Å². The molecule has 1 heterocycles. The minimum atomic E-state index is 0.578. The van der Waals surface area contributed by atoms with Crippen LogP contribution in [0.5, 0.6) is 0 Å². The van der Waals surface area contributed by atoms with Crippen molar-refractivity contribution < 1.29 is 0 Å². The average molecular weight is 241 g/mol. The zero-order chi connectivity index (χ0) is 12.8. The molecule has 0 amide bonds. The number of likely N-dealkylation sites (N-methyl/N-ethyl adjacent to an activating group) is 2.